The lowest BCUT2D eigenvalue weighted by Gasteiger charge is -2.23. The van der Waals surface area contributed by atoms with Gasteiger partial charge in [-0.05, 0) is 23.3 Å². The van der Waals surface area contributed by atoms with E-state index in [9.17, 15) is 0 Å². The first kappa shape index (κ1) is 15.4. The third-order valence-electron chi connectivity index (χ3n) is 3.80. The second-order valence-corrected chi connectivity index (χ2v) is 5.58. The molecular formula is C19H20N2O2. The van der Waals surface area contributed by atoms with Gasteiger partial charge in [0.2, 0.25) is 0 Å². The molecule has 4 heteroatoms. The predicted octanol–water partition coefficient (Wildman–Crippen LogP) is 3.37. The van der Waals surface area contributed by atoms with Crippen LogP contribution in [0.3, 0.4) is 0 Å². The van der Waals surface area contributed by atoms with E-state index in [0.717, 1.165) is 31.1 Å². The molecule has 23 heavy (non-hydrogen) atoms. The molecule has 0 atom stereocenters. The average molecular weight is 308 g/mol. The van der Waals surface area contributed by atoms with Gasteiger partial charge in [0.05, 0.1) is 6.07 Å². The van der Waals surface area contributed by atoms with Crippen molar-refractivity contribution in [2.45, 2.75) is 19.5 Å². The molecule has 0 radical (unpaired) electrons. The van der Waals surface area contributed by atoms with Gasteiger partial charge in [-0.1, -0.05) is 36.4 Å². The van der Waals surface area contributed by atoms with Crippen molar-refractivity contribution in [1.29, 1.82) is 5.26 Å². The van der Waals surface area contributed by atoms with Gasteiger partial charge in [-0.3, -0.25) is 4.90 Å². The van der Waals surface area contributed by atoms with Crippen LogP contribution in [0.25, 0.3) is 0 Å². The summed E-state index contributed by atoms with van der Waals surface area (Å²) in [5.41, 5.74) is 2.42. The summed E-state index contributed by atoms with van der Waals surface area (Å²) in [6.07, 6.45) is 0.525. The molecule has 1 aliphatic heterocycles. The highest BCUT2D eigenvalue weighted by molar-refractivity contribution is 5.43. The van der Waals surface area contributed by atoms with Crippen LogP contribution in [0, 0.1) is 11.3 Å². The highest BCUT2D eigenvalue weighted by Crippen LogP contribution is 2.31. The molecule has 0 fully saturated rings. The van der Waals surface area contributed by atoms with Crippen molar-refractivity contribution in [2.24, 2.45) is 0 Å². The molecule has 0 aliphatic carbocycles. The molecular weight excluding hydrogens is 288 g/mol. The standard InChI is InChI=1S/C19H20N2O2/c20-9-4-10-21(14-16-5-2-1-3-6-16)15-17-7-8-18-19(13-17)23-12-11-22-18/h1-3,5-8,13H,4,10-12,14-15H2. The quantitative estimate of drug-likeness (QED) is 0.821. The SMILES string of the molecule is N#CCCN(Cc1ccccc1)Cc1ccc2c(c1)OCCO2. The minimum atomic E-state index is 0.525. The van der Waals surface area contributed by atoms with E-state index in [1.165, 1.54) is 11.1 Å². The Morgan fingerprint density at radius 3 is 2.43 bits per heavy atom. The summed E-state index contributed by atoms with van der Waals surface area (Å²) < 4.78 is 11.2. The third-order valence-corrected chi connectivity index (χ3v) is 3.80. The fourth-order valence-electron chi connectivity index (χ4n) is 2.71. The molecule has 0 bridgehead atoms. The maximum Gasteiger partial charge on any atom is 0.161 e. The van der Waals surface area contributed by atoms with Crippen molar-refractivity contribution in [3.63, 3.8) is 0 Å². The maximum absolute atomic E-state index is 8.89. The zero-order chi connectivity index (χ0) is 15.9. The Balaban J connectivity index is 1.71. The van der Waals surface area contributed by atoms with Gasteiger partial charge in [-0.2, -0.15) is 5.26 Å². The Labute approximate surface area is 136 Å². The van der Waals surface area contributed by atoms with Crippen LogP contribution in [0.5, 0.6) is 11.5 Å². The van der Waals surface area contributed by atoms with Gasteiger partial charge in [0.15, 0.2) is 11.5 Å². The lowest BCUT2D eigenvalue weighted by Crippen LogP contribution is -2.24. The Kier molecular flexibility index (Phi) is 5.13. The summed E-state index contributed by atoms with van der Waals surface area (Å²) in [5.74, 6) is 1.63. The van der Waals surface area contributed by atoms with E-state index in [1.54, 1.807) is 0 Å². The molecule has 0 N–H and O–H groups in total. The lowest BCUT2D eigenvalue weighted by atomic mass is 10.1. The second kappa shape index (κ2) is 7.66. The molecule has 0 amide bonds. The number of benzene rings is 2. The molecule has 0 saturated heterocycles. The summed E-state index contributed by atoms with van der Waals surface area (Å²) in [7, 11) is 0. The molecule has 0 aromatic heterocycles. The molecule has 0 unspecified atom stereocenters. The largest absolute Gasteiger partial charge is 0.486 e. The number of rotatable bonds is 6. The van der Waals surface area contributed by atoms with Crippen LogP contribution in [-0.2, 0) is 13.1 Å². The predicted molar refractivity (Wildman–Crippen MR) is 88.2 cm³/mol. The first-order chi connectivity index (χ1) is 11.3. The maximum atomic E-state index is 8.89. The number of nitrogens with zero attached hydrogens (tertiary/aromatic N) is 2. The zero-order valence-electron chi connectivity index (χ0n) is 13.1. The summed E-state index contributed by atoms with van der Waals surface area (Å²) in [6.45, 7) is 3.57. The Bertz CT molecular complexity index is 680. The molecule has 1 heterocycles. The van der Waals surface area contributed by atoms with Gasteiger partial charge in [0, 0.05) is 26.1 Å². The van der Waals surface area contributed by atoms with E-state index in [2.05, 4.69) is 29.2 Å². The fourth-order valence-corrected chi connectivity index (χ4v) is 2.71. The van der Waals surface area contributed by atoms with Crippen LogP contribution in [-0.4, -0.2) is 24.7 Å². The number of fused-ring (bicyclic) bond motifs is 1. The van der Waals surface area contributed by atoms with Gasteiger partial charge < -0.3 is 9.47 Å². The van der Waals surface area contributed by atoms with E-state index in [4.69, 9.17) is 14.7 Å². The fraction of sp³-hybridized carbons (Fsp3) is 0.316. The minimum absolute atomic E-state index is 0.525. The van der Waals surface area contributed by atoms with Crippen molar-refractivity contribution < 1.29 is 9.47 Å². The van der Waals surface area contributed by atoms with Gasteiger partial charge in [-0.25, -0.2) is 0 Å². The molecule has 2 aromatic carbocycles. The van der Waals surface area contributed by atoms with Crippen LogP contribution in [0.1, 0.15) is 17.5 Å². The van der Waals surface area contributed by atoms with Gasteiger partial charge in [0.1, 0.15) is 13.2 Å². The minimum Gasteiger partial charge on any atom is -0.486 e. The number of ether oxygens (including phenoxy) is 2. The topological polar surface area (TPSA) is 45.5 Å². The molecule has 0 saturated carbocycles. The molecule has 2 aromatic rings. The number of nitriles is 1. The first-order valence-corrected chi connectivity index (χ1v) is 7.87. The molecule has 1 aliphatic rings. The van der Waals surface area contributed by atoms with E-state index in [0.29, 0.717) is 19.6 Å². The van der Waals surface area contributed by atoms with Crippen LogP contribution in [0.4, 0.5) is 0 Å². The van der Waals surface area contributed by atoms with Crippen LogP contribution >= 0.6 is 0 Å². The van der Waals surface area contributed by atoms with Crippen molar-refractivity contribution in [2.75, 3.05) is 19.8 Å². The monoisotopic (exact) mass is 308 g/mol. The Morgan fingerprint density at radius 1 is 0.913 bits per heavy atom. The van der Waals surface area contributed by atoms with E-state index in [1.807, 2.05) is 30.3 Å². The zero-order valence-corrected chi connectivity index (χ0v) is 13.1. The smallest absolute Gasteiger partial charge is 0.161 e. The van der Waals surface area contributed by atoms with Crippen LogP contribution in [0.15, 0.2) is 48.5 Å². The summed E-state index contributed by atoms with van der Waals surface area (Å²) in [5, 5.41) is 8.89. The first-order valence-electron chi connectivity index (χ1n) is 7.87. The van der Waals surface area contributed by atoms with Crippen LogP contribution in [0.2, 0.25) is 0 Å². The normalized spacial score (nSPS) is 12.9. The highest BCUT2D eigenvalue weighted by Gasteiger charge is 2.13. The lowest BCUT2D eigenvalue weighted by molar-refractivity contribution is 0.171. The van der Waals surface area contributed by atoms with Crippen molar-refractivity contribution in [3.8, 4) is 17.6 Å². The third kappa shape index (κ3) is 4.24. The summed E-state index contributed by atoms with van der Waals surface area (Å²) >= 11 is 0. The Morgan fingerprint density at radius 2 is 1.65 bits per heavy atom. The van der Waals surface area contributed by atoms with Crippen LogP contribution < -0.4 is 9.47 Å². The molecule has 118 valence electrons. The highest BCUT2D eigenvalue weighted by atomic mass is 16.6. The van der Waals surface area contributed by atoms with Crippen molar-refractivity contribution >= 4 is 0 Å². The van der Waals surface area contributed by atoms with Crippen molar-refractivity contribution in [3.05, 3.63) is 59.7 Å². The number of hydrogen-bond donors (Lipinski definition) is 0. The summed E-state index contributed by atoms with van der Waals surface area (Å²) in [4.78, 5) is 2.28. The van der Waals surface area contributed by atoms with E-state index in [-0.39, 0.29) is 0 Å². The van der Waals surface area contributed by atoms with Gasteiger partial charge in [-0.15, -0.1) is 0 Å². The van der Waals surface area contributed by atoms with E-state index >= 15 is 0 Å². The average Bonchev–Trinajstić information content (AvgIpc) is 2.60. The molecule has 3 rings (SSSR count). The molecule has 0 spiro atoms. The molecule has 4 nitrogen and oxygen atoms in total. The number of hydrogen-bond acceptors (Lipinski definition) is 4. The van der Waals surface area contributed by atoms with Gasteiger partial charge >= 0.3 is 0 Å². The Hall–Kier alpha value is -2.51. The summed E-state index contributed by atoms with van der Waals surface area (Å²) in [6, 6.07) is 18.6. The van der Waals surface area contributed by atoms with Gasteiger partial charge in [0.25, 0.3) is 0 Å². The second-order valence-electron chi connectivity index (χ2n) is 5.58. The van der Waals surface area contributed by atoms with Crippen molar-refractivity contribution in [1.82, 2.24) is 4.90 Å². The van der Waals surface area contributed by atoms with E-state index < -0.39 is 0 Å².